The minimum atomic E-state index is -3.62. The first-order valence-corrected chi connectivity index (χ1v) is 12.5. The van der Waals surface area contributed by atoms with Gasteiger partial charge in [-0.2, -0.15) is 4.31 Å². The normalized spacial score (nSPS) is 17.3. The molecule has 1 saturated heterocycles. The number of amides is 1. The molecule has 7 nitrogen and oxygen atoms in total. The molecule has 32 heavy (non-hydrogen) atoms. The minimum Gasteiger partial charge on any atom is -0.320 e. The number of aryl methyl sites for hydroxylation is 2. The van der Waals surface area contributed by atoms with E-state index in [0.29, 0.717) is 23.7 Å². The van der Waals surface area contributed by atoms with Gasteiger partial charge < -0.3 is 5.32 Å². The number of carbonyl (C=O) groups excluding carboxylic acids is 1. The summed E-state index contributed by atoms with van der Waals surface area (Å²) in [5, 5.41) is 11.5. The van der Waals surface area contributed by atoms with Gasteiger partial charge in [0.1, 0.15) is 10.8 Å². The zero-order valence-corrected chi connectivity index (χ0v) is 19.3. The van der Waals surface area contributed by atoms with Crippen molar-refractivity contribution in [2.75, 3.05) is 18.4 Å². The monoisotopic (exact) mass is 474 g/mol. The minimum absolute atomic E-state index is 0.140. The van der Waals surface area contributed by atoms with Crippen LogP contribution in [-0.4, -0.2) is 41.9 Å². The van der Waals surface area contributed by atoms with E-state index in [2.05, 4.69) is 15.5 Å². The topological polar surface area (TPSA) is 92.3 Å². The van der Waals surface area contributed by atoms with E-state index in [4.69, 9.17) is 0 Å². The molecule has 0 aliphatic carbocycles. The van der Waals surface area contributed by atoms with Gasteiger partial charge in [-0.1, -0.05) is 23.5 Å². The molecule has 1 aliphatic rings. The van der Waals surface area contributed by atoms with Crippen molar-refractivity contribution >= 4 is 33.0 Å². The highest BCUT2D eigenvalue weighted by molar-refractivity contribution is 7.89. The molecule has 2 aromatic carbocycles. The summed E-state index contributed by atoms with van der Waals surface area (Å²) in [5.41, 5.74) is 2.30. The molecule has 1 N–H and O–H groups in total. The molecule has 0 bridgehead atoms. The van der Waals surface area contributed by atoms with Gasteiger partial charge in [-0.3, -0.25) is 4.79 Å². The third-order valence-corrected chi connectivity index (χ3v) is 8.51. The molecule has 1 aliphatic heterocycles. The number of halogens is 1. The zero-order valence-electron chi connectivity index (χ0n) is 17.7. The van der Waals surface area contributed by atoms with Crippen LogP contribution >= 0.6 is 11.3 Å². The van der Waals surface area contributed by atoms with Gasteiger partial charge >= 0.3 is 0 Å². The molecule has 0 unspecified atom stereocenters. The van der Waals surface area contributed by atoms with E-state index in [1.54, 1.807) is 18.2 Å². The first-order valence-electron chi connectivity index (χ1n) is 10.2. The summed E-state index contributed by atoms with van der Waals surface area (Å²) in [5.74, 6) is -1.07. The number of carbonyl (C=O) groups is 1. The molecule has 10 heteroatoms. The van der Waals surface area contributed by atoms with E-state index in [9.17, 15) is 17.6 Å². The molecule has 4 rings (SSSR count). The van der Waals surface area contributed by atoms with Crippen molar-refractivity contribution in [2.45, 2.75) is 37.5 Å². The quantitative estimate of drug-likeness (QED) is 0.601. The molecular weight excluding hydrogens is 451 g/mol. The largest absolute Gasteiger partial charge is 0.320 e. The number of piperidine rings is 1. The third kappa shape index (κ3) is 4.72. The Balaban J connectivity index is 1.48. The Hall–Kier alpha value is -2.69. The highest BCUT2D eigenvalue weighted by Crippen LogP contribution is 2.32. The first-order chi connectivity index (χ1) is 15.2. The second-order valence-corrected chi connectivity index (χ2v) is 10.8. The molecule has 1 amide bonds. The molecule has 1 aromatic heterocycles. The van der Waals surface area contributed by atoms with Crippen LogP contribution in [0.15, 0.2) is 47.4 Å². The van der Waals surface area contributed by atoms with Crippen molar-refractivity contribution in [2.24, 2.45) is 0 Å². The number of hydrogen-bond donors (Lipinski definition) is 1. The Morgan fingerprint density at radius 3 is 2.72 bits per heavy atom. The summed E-state index contributed by atoms with van der Waals surface area (Å²) < 4.78 is 41.2. The fraction of sp³-hybridized carbons (Fsp3) is 0.318. The van der Waals surface area contributed by atoms with Gasteiger partial charge in [0.15, 0.2) is 0 Å². The Morgan fingerprint density at radius 2 is 1.97 bits per heavy atom. The van der Waals surface area contributed by atoms with E-state index < -0.39 is 21.7 Å². The van der Waals surface area contributed by atoms with Gasteiger partial charge in [0.05, 0.1) is 4.90 Å². The number of aromatic nitrogens is 2. The van der Waals surface area contributed by atoms with Crippen molar-refractivity contribution in [3.8, 4) is 0 Å². The second kappa shape index (κ2) is 9.05. The summed E-state index contributed by atoms with van der Waals surface area (Å²) in [6, 6.07) is 10.8. The van der Waals surface area contributed by atoms with Gasteiger partial charge in [0, 0.05) is 24.7 Å². The summed E-state index contributed by atoms with van der Waals surface area (Å²) >= 11 is 1.13. The van der Waals surface area contributed by atoms with Gasteiger partial charge in [-0.15, -0.1) is 10.2 Å². The lowest BCUT2D eigenvalue weighted by molar-refractivity contribution is 0.102. The van der Waals surface area contributed by atoms with Crippen LogP contribution in [0, 0.1) is 19.7 Å². The van der Waals surface area contributed by atoms with Crippen LogP contribution in [0.25, 0.3) is 0 Å². The third-order valence-electron chi connectivity index (χ3n) is 5.57. The van der Waals surface area contributed by atoms with E-state index in [1.165, 1.54) is 22.5 Å². The van der Waals surface area contributed by atoms with E-state index in [1.807, 2.05) is 19.9 Å². The summed E-state index contributed by atoms with van der Waals surface area (Å²) in [7, 11) is -3.62. The lowest BCUT2D eigenvalue weighted by atomic mass is 10.0. The van der Waals surface area contributed by atoms with Crippen molar-refractivity contribution in [1.82, 2.24) is 14.5 Å². The predicted molar refractivity (Wildman–Crippen MR) is 121 cm³/mol. The van der Waals surface area contributed by atoms with Crippen LogP contribution in [0.3, 0.4) is 0 Å². The molecule has 0 saturated carbocycles. The van der Waals surface area contributed by atoms with Gasteiger partial charge in [0.25, 0.3) is 5.91 Å². The fourth-order valence-corrected chi connectivity index (χ4v) is 6.10. The fourth-order valence-electron chi connectivity index (χ4n) is 3.63. The molecule has 1 atom stereocenters. The van der Waals surface area contributed by atoms with Crippen LogP contribution in [0.4, 0.5) is 10.1 Å². The molecule has 2 heterocycles. The summed E-state index contributed by atoms with van der Waals surface area (Å²) in [6.45, 7) is 4.57. The molecule has 0 radical (unpaired) electrons. The number of anilines is 1. The highest BCUT2D eigenvalue weighted by atomic mass is 32.2. The van der Waals surface area contributed by atoms with Crippen molar-refractivity contribution in [3.63, 3.8) is 0 Å². The molecule has 168 valence electrons. The SMILES string of the molecule is Cc1ccc(S(=O)(=O)N2CCC[C@H](c3nnc(C(=O)Nc4cccc(F)c4)s3)C2)cc1C. The lowest BCUT2D eigenvalue weighted by Crippen LogP contribution is -2.39. The van der Waals surface area contributed by atoms with Crippen LogP contribution in [0.1, 0.15) is 44.7 Å². The van der Waals surface area contributed by atoms with Gasteiger partial charge in [0.2, 0.25) is 15.0 Å². The second-order valence-electron chi connectivity index (χ2n) is 7.86. The summed E-state index contributed by atoms with van der Waals surface area (Å²) in [4.78, 5) is 12.7. The maximum atomic E-state index is 13.3. The van der Waals surface area contributed by atoms with Gasteiger partial charge in [-0.25, -0.2) is 12.8 Å². The predicted octanol–water partition coefficient (Wildman–Crippen LogP) is 4.11. The Labute approximate surface area is 190 Å². The van der Waals surface area contributed by atoms with Crippen molar-refractivity contribution in [1.29, 1.82) is 0 Å². The van der Waals surface area contributed by atoms with Crippen molar-refractivity contribution < 1.29 is 17.6 Å². The van der Waals surface area contributed by atoms with Crippen LogP contribution in [0.2, 0.25) is 0 Å². The molecule has 0 spiro atoms. The average Bonchev–Trinajstić information content (AvgIpc) is 3.26. The number of hydrogen-bond acceptors (Lipinski definition) is 6. The van der Waals surface area contributed by atoms with E-state index in [-0.39, 0.29) is 22.4 Å². The maximum absolute atomic E-state index is 13.3. The maximum Gasteiger partial charge on any atom is 0.286 e. The van der Waals surface area contributed by atoms with E-state index >= 15 is 0 Å². The first kappa shape index (κ1) is 22.5. The Bertz CT molecular complexity index is 1260. The van der Waals surface area contributed by atoms with Gasteiger partial charge in [-0.05, 0) is 68.1 Å². The average molecular weight is 475 g/mol. The Morgan fingerprint density at radius 1 is 1.16 bits per heavy atom. The smallest absolute Gasteiger partial charge is 0.286 e. The number of nitrogens with one attached hydrogen (secondary N) is 1. The molecular formula is C22H23FN4O3S2. The number of rotatable bonds is 5. The van der Waals surface area contributed by atoms with Crippen LogP contribution in [-0.2, 0) is 10.0 Å². The lowest BCUT2D eigenvalue weighted by Gasteiger charge is -2.30. The molecule has 3 aromatic rings. The highest BCUT2D eigenvalue weighted by Gasteiger charge is 2.33. The zero-order chi connectivity index (χ0) is 22.9. The number of benzene rings is 2. The molecule has 1 fully saturated rings. The van der Waals surface area contributed by atoms with E-state index in [0.717, 1.165) is 28.9 Å². The number of sulfonamides is 1. The standard InChI is InChI=1S/C22H23FN4O3S2/c1-14-8-9-19(11-15(14)2)32(29,30)27-10-4-5-16(13-27)21-25-26-22(31-21)20(28)24-18-7-3-6-17(23)12-18/h3,6-9,11-12,16H,4-5,10,13H2,1-2H3,(H,24,28)/t16-/m0/s1. The summed E-state index contributed by atoms with van der Waals surface area (Å²) in [6.07, 6.45) is 1.46. The van der Waals surface area contributed by atoms with Crippen molar-refractivity contribution in [3.05, 3.63) is 69.4 Å². The van der Waals surface area contributed by atoms with Crippen LogP contribution in [0.5, 0.6) is 0 Å². The number of nitrogens with zero attached hydrogens (tertiary/aromatic N) is 3. The van der Waals surface area contributed by atoms with Crippen LogP contribution < -0.4 is 5.32 Å². The Kier molecular flexibility index (Phi) is 6.36.